The number of hydrogen-bond acceptors (Lipinski definition) is 23. The van der Waals surface area contributed by atoms with Gasteiger partial charge in [0.15, 0.2) is 6.19 Å². The van der Waals surface area contributed by atoms with Crippen molar-refractivity contribution in [2.24, 2.45) is 5.73 Å². The Bertz CT molecular complexity index is 3310. The molecule has 0 radical (unpaired) electrons. The van der Waals surface area contributed by atoms with Gasteiger partial charge < -0.3 is 54.4 Å². The monoisotopic (exact) mass is 1230 g/mol. The topological polar surface area (TPSA) is 432 Å². The van der Waals surface area contributed by atoms with E-state index in [1.807, 2.05) is 78.6 Å². The number of halogens is 3. The van der Waals surface area contributed by atoms with Crippen molar-refractivity contribution in [1.82, 2.24) is 50.5 Å². The van der Waals surface area contributed by atoms with Gasteiger partial charge in [-0.3, -0.25) is 10.1 Å². The Kier molecular flexibility index (Phi) is 25.5. The summed E-state index contributed by atoms with van der Waals surface area (Å²) in [4.78, 5) is 27.4. The summed E-state index contributed by atoms with van der Waals surface area (Å²) in [6, 6.07) is 18.4. The summed E-state index contributed by atoms with van der Waals surface area (Å²) in [5.41, 5.74) is 39.5. The van der Waals surface area contributed by atoms with E-state index in [2.05, 4.69) is 122 Å². The van der Waals surface area contributed by atoms with Crippen molar-refractivity contribution < 1.29 is 24.7 Å². The number of nitrogens with two attached hydrogens (primary N) is 5. The van der Waals surface area contributed by atoms with Crippen LogP contribution in [0.25, 0.3) is 44.1 Å². The number of nitrogens with zero attached hydrogens (tertiary/aromatic N) is 14. The van der Waals surface area contributed by atoms with Crippen LogP contribution in [-0.2, 0) is 0 Å². The number of nitro benzene ring substituents is 1. The zero-order valence-electron chi connectivity index (χ0n) is 43.2. The molecule has 30 heteroatoms. The van der Waals surface area contributed by atoms with E-state index < -0.39 is 12.0 Å². The molecule has 400 valence electrons. The smallest absolute Gasteiger partial charge is 0.448 e. The fourth-order valence-corrected chi connectivity index (χ4v) is 7.71. The van der Waals surface area contributed by atoms with Crippen LogP contribution in [0.5, 0.6) is 0 Å². The number of nitro groups is 1. The average Bonchev–Trinajstić information content (AvgIpc) is 3.33. The lowest BCUT2D eigenvalue weighted by atomic mass is 9.99. The molecule has 5 aromatic carbocycles. The summed E-state index contributed by atoms with van der Waals surface area (Å²) in [5.74, 6) is 2.58. The second-order valence-electron chi connectivity index (χ2n) is 15.9. The van der Waals surface area contributed by atoms with Gasteiger partial charge in [-0.05, 0) is 147 Å². The molecule has 0 aliphatic carbocycles. The maximum atomic E-state index is 11.4. The second-order valence-corrected chi connectivity index (χ2v) is 17.7. The number of fused-ring (bicyclic) bond motifs is 4. The predicted octanol–water partition coefficient (Wildman–Crippen LogP) is 6.06. The van der Waals surface area contributed by atoms with E-state index in [0.29, 0.717) is 47.7 Å². The maximum Gasteiger partial charge on any atom is 0.448 e. The lowest BCUT2D eigenvalue weighted by Gasteiger charge is -2.03. The lowest BCUT2D eigenvalue weighted by Crippen LogP contribution is -2.33. The first-order chi connectivity index (χ1) is 35.7. The highest BCUT2D eigenvalue weighted by atomic mass is 79.9. The molecule has 0 unspecified atom stereocenters. The van der Waals surface area contributed by atoms with Crippen molar-refractivity contribution >= 4 is 134 Å². The zero-order valence-corrected chi connectivity index (χ0v) is 47.9. The van der Waals surface area contributed by atoms with E-state index in [1.165, 1.54) is 24.6 Å². The molecule has 4 aromatic heterocycles. The first kappa shape index (κ1) is 64.0. The van der Waals surface area contributed by atoms with Gasteiger partial charge >= 0.3 is 7.12 Å². The minimum absolute atomic E-state index is 0.000506. The molecule has 0 aliphatic heterocycles. The van der Waals surface area contributed by atoms with Crippen LogP contribution in [0, 0.1) is 87.4 Å². The highest BCUT2D eigenvalue weighted by Crippen LogP contribution is 2.29. The molecule has 0 aliphatic rings. The summed E-state index contributed by atoms with van der Waals surface area (Å²) in [6.45, 7) is 16.8. The third kappa shape index (κ3) is 19.3. The minimum Gasteiger partial charge on any atom is -0.594 e. The number of rotatable bonds is 2. The number of aryl methyl sites for hydroxylation is 8. The third-order valence-electron chi connectivity index (χ3n) is 9.48. The van der Waals surface area contributed by atoms with Crippen molar-refractivity contribution in [3.8, 4) is 6.19 Å². The van der Waals surface area contributed by atoms with Crippen molar-refractivity contribution in [3.05, 3.63) is 135 Å². The molecule has 0 amide bonds. The minimum atomic E-state index is -1.17. The summed E-state index contributed by atoms with van der Waals surface area (Å²) in [5, 5.41) is 81.1. The second kappa shape index (κ2) is 30.3. The van der Waals surface area contributed by atoms with Gasteiger partial charge in [0.25, 0.3) is 28.6 Å². The normalized spacial score (nSPS) is 9.78. The maximum absolute atomic E-state index is 11.4. The lowest BCUT2D eigenvalue weighted by molar-refractivity contribution is -0.641. The van der Waals surface area contributed by atoms with E-state index >= 15 is 0 Å². The Balaban J connectivity index is 0.000000313. The Morgan fingerprint density at radius 3 is 1.43 bits per heavy atom. The number of anilines is 5. The standard InChI is InChI=1S/C10H12N4.C9H10N4O.C9H10N4.C8H7BrN4O.C7H7BrN2O2.CH5BO2.CH3Br.CH2N2/c1-6-4-7(2)9-8(5-6)13-14-10(11-3)12-9;1-5-3-6(2)8-7(4-5)13(14)12-9(10)11-8;1-5-3-6(2)8-7(4-5)12-13-9(10)11-8;1-4-2-5(9)3-6-7(4)11-8(10)12-13(6)14;1-4-2-5(8)3-6(7(4)9)10(11)12;1-2(3)4;1-2;2-1-3/h4-5H,1-3H3,(H,11,12,14);3-4H,1-2H3,(H2,10,11,12);3-4H,1-2H3,(H2,10,11,13);2-3H,1H3,(H2,10,11,12);2-3H,9H2,1H3;3-4H,1H3;1H3;2H2. The van der Waals surface area contributed by atoms with Gasteiger partial charge in [-0.2, -0.15) is 5.26 Å². The van der Waals surface area contributed by atoms with Gasteiger partial charge in [0, 0.05) is 34.2 Å². The van der Waals surface area contributed by atoms with Gasteiger partial charge in [-0.25, -0.2) is 19.9 Å². The van der Waals surface area contributed by atoms with Crippen molar-refractivity contribution in [2.45, 2.75) is 62.2 Å². The van der Waals surface area contributed by atoms with Crippen molar-refractivity contribution in [3.63, 3.8) is 0 Å². The van der Waals surface area contributed by atoms with E-state index in [9.17, 15) is 20.5 Å². The number of nitrogens with one attached hydrogen (secondary N) is 1. The molecule has 0 fully saturated rings. The largest absolute Gasteiger partial charge is 0.594 e. The average molecular weight is 1240 g/mol. The van der Waals surface area contributed by atoms with Gasteiger partial charge in [0.2, 0.25) is 11.9 Å². The summed E-state index contributed by atoms with van der Waals surface area (Å²) in [7, 11) is 0.617. The molecule has 0 spiro atoms. The van der Waals surface area contributed by atoms with Crippen LogP contribution < -0.4 is 43.7 Å². The quantitative estimate of drug-likeness (QED) is 0.0112. The summed E-state index contributed by atoms with van der Waals surface area (Å²) < 4.78 is 1.49. The zero-order chi connectivity index (χ0) is 57.7. The SMILES string of the molecule is CB(O)O.CBr.CNc1nnc2cc(C)cc(C)c2n1.Cc1cc(Br)cc([N+](=O)[O-])c1N.Cc1cc(Br)cc2c1nc(N)n[n+]2[O-].Cc1cc(C)c2nc(N)n[n+]([O-])c2c1.Cc1cc(C)c2nc(N)nnc2c1.N#CN. The Morgan fingerprint density at radius 1 is 0.605 bits per heavy atom. The number of benzene rings is 5. The number of nitrogen functional groups attached to an aromatic ring is 4. The predicted molar refractivity (Wildman–Crippen MR) is 306 cm³/mol. The molecule has 9 rings (SSSR count). The molecule has 26 nitrogen and oxygen atoms in total. The molecule has 9 aromatic rings. The molecular weight excluding hydrogens is 1180 g/mol. The van der Waals surface area contributed by atoms with E-state index in [-0.39, 0.29) is 29.2 Å². The Hall–Kier alpha value is -8.11. The van der Waals surface area contributed by atoms with Crippen LogP contribution in [0.1, 0.15) is 44.5 Å². The molecule has 0 atom stereocenters. The van der Waals surface area contributed by atoms with Crippen molar-refractivity contribution in [1.29, 1.82) is 5.26 Å². The fraction of sp³-hybridized carbons (Fsp3) is 0.239. The third-order valence-corrected chi connectivity index (χ3v) is 10.4. The fourth-order valence-electron chi connectivity index (χ4n) is 6.59. The summed E-state index contributed by atoms with van der Waals surface area (Å²) >= 11 is 9.39. The van der Waals surface area contributed by atoms with Crippen LogP contribution in [0.15, 0.2) is 69.6 Å². The first-order valence-electron chi connectivity index (χ1n) is 21.9. The van der Waals surface area contributed by atoms with Gasteiger partial charge in [0.1, 0.15) is 27.8 Å². The van der Waals surface area contributed by atoms with Crippen LogP contribution in [-0.4, -0.2) is 85.5 Å². The van der Waals surface area contributed by atoms with Crippen LogP contribution in [0.3, 0.4) is 0 Å². The Morgan fingerprint density at radius 2 is 0.974 bits per heavy atom. The van der Waals surface area contributed by atoms with Crippen LogP contribution in [0.2, 0.25) is 6.82 Å². The molecule has 4 heterocycles. The van der Waals surface area contributed by atoms with Gasteiger partial charge in [-0.1, -0.05) is 66.0 Å². The van der Waals surface area contributed by atoms with E-state index in [1.54, 1.807) is 32.2 Å². The van der Waals surface area contributed by atoms with Crippen molar-refractivity contribution in [2.75, 3.05) is 41.1 Å². The molecule has 76 heavy (non-hydrogen) atoms. The molecule has 0 bridgehead atoms. The van der Waals surface area contributed by atoms with E-state index in [0.717, 1.165) is 59.9 Å². The van der Waals surface area contributed by atoms with Crippen LogP contribution >= 0.6 is 47.8 Å². The van der Waals surface area contributed by atoms with Gasteiger partial charge in [0.05, 0.1) is 26.2 Å². The first-order valence-corrected chi connectivity index (χ1v) is 25.0. The number of nitriles is 1. The number of alkyl halides is 1. The summed E-state index contributed by atoms with van der Waals surface area (Å²) in [6.07, 6.45) is 1.25. The highest BCUT2D eigenvalue weighted by Gasteiger charge is 2.15. The molecule has 0 saturated carbocycles. The number of aromatic nitrogens is 12. The van der Waals surface area contributed by atoms with E-state index in [4.69, 9.17) is 38.2 Å². The molecule has 13 N–H and O–H groups in total. The van der Waals surface area contributed by atoms with Gasteiger partial charge in [-0.15, -0.1) is 20.4 Å². The molecular formula is C46H56BBr3N20O6. The van der Waals surface area contributed by atoms with Crippen LogP contribution in [0.4, 0.5) is 35.2 Å². The Labute approximate surface area is 462 Å². The number of hydrogen-bond donors (Lipinski definition) is 8. The highest BCUT2D eigenvalue weighted by molar-refractivity contribution is 9.10. The molecule has 0 saturated heterocycles.